The SMILES string of the molecule is CCC1CCCN(C(C)(C(=O)O)C2CC2)C1. The van der Waals surface area contributed by atoms with E-state index >= 15 is 0 Å². The minimum Gasteiger partial charge on any atom is -0.480 e. The first-order chi connectivity index (χ1) is 7.59. The van der Waals surface area contributed by atoms with Crippen LogP contribution >= 0.6 is 0 Å². The molecule has 1 heterocycles. The van der Waals surface area contributed by atoms with Gasteiger partial charge in [-0.05, 0) is 51.0 Å². The molecule has 16 heavy (non-hydrogen) atoms. The smallest absolute Gasteiger partial charge is 0.324 e. The molecule has 2 fully saturated rings. The highest BCUT2D eigenvalue weighted by molar-refractivity contribution is 5.79. The zero-order valence-electron chi connectivity index (χ0n) is 10.4. The largest absolute Gasteiger partial charge is 0.480 e. The third-order valence-electron chi connectivity index (χ3n) is 4.56. The Bertz CT molecular complexity index is 275. The minimum atomic E-state index is -0.619. The maximum absolute atomic E-state index is 11.6. The molecule has 0 amide bonds. The quantitative estimate of drug-likeness (QED) is 0.798. The van der Waals surface area contributed by atoms with Crippen LogP contribution in [-0.2, 0) is 4.79 Å². The minimum absolute atomic E-state index is 0.389. The first-order valence-corrected chi connectivity index (χ1v) is 6.57. The summed E-state index contributed by atoms with van der Waals surface area (Å²) in [7, 11) is 0. The zero-order valence-corrected chi connectivity index (χ0v) is 10.4. The summed E-state index contributed by atoms with van der Waals surface area (Å²) in [5.74, 6) is 0.471. The van der Waals surface area contributed by atoms with E-state index < -0.39 is 11.5 Å². The Hall–Kier alpha value is -0.570. The number of carboxylic acids is 1. The molecule has 1 aliphatic carbocycles. The van der Waals surface area contributed by atoms with Gasteiger partial charge in [-0.15, -0.1) is 0 Å². The predicted molar refractivity (Wildman–Crippen MR) is 63.4 cm³/mol. The van der Waals surface area contributed by atoms with Crippen molar-refractivity contribution in [3.8, 4) is 0 Å². The van der Waals surface area contributed by atoms with E-state index in [9.17, 15) is 9.90 Å². The number of piperidine rings is 1. The Kier molecular flexibility index (Phi) is 3.24. The summed E-state index contributed by atoms with van der Waals surface area (Å²) in [5.41, 5.74) is -0.589. The van der Waals surface area contributed by atoms with Gasteiger partial charge in [-0.25, -0.2) is 0 Å². The molecule has 0 aromatic heterocycles. The van der Waals surface area contributed by atoms with E-state index in [4.69, 9.17) is 0 Å². The fourth-order valence-corrected chi connectivity index (χ4v) is 3.03. The third kappa shape index (κ3) is 1.97. The molecule has 2 atom stereocenters. The number of carboxylic acid groups (broad SMARTS) is 1. The molecule has 3 heteroatoms. The van der Waals surface area contributed by atoms with Crippen molar-refractivity contribution in [3.63, 3.8) is 0 Å². The van der Waals surface area contributed by atoms with Crippen molar-refractivity contribution in [2.75, 3.05) is 13.1 Å². The van der Waals surface area contributed by atoms with Gasteiger partial charge in [-0.1, -0.05) is 13.3 Å². The normalized spacial score (nSPS) is 31.0. The molecule has 3 nitrogen and oxygen atoms in total. The topological polar surface area (TPSA) is 40.5 Å². The van der Waals surface area contributed by atoms with Gasteiger partial charge in [0, 0.05) is 6.54 Å². The summed E-state index contributed by atoms with van der Waals surface area (Å²) in [4.78, 5) is 13.8. The van der Waals surface area contributed by atoms with Crippen LogP contribution in [0.25, 0.3) is 0 Å². The highest BCUT2D eigenvalue weighted by Gasteiger charge is 2.52. The average molecular weight is 225 g/mol. The van der Waals surface area contributed by atoms with Crippen molar-refractivity contribution < 1.29 is 9.90 Å². The van der Waals surface area contributed by atoms with Crippen LogP contribution in [0.3, 0.4) is 0 Å². The number of carbonyl (C=O) groups is 1. The lowest BCUT2D eigenvalue weighted by Crippen LogP contribution is -2.57. The van der Waals surface area contributed by atoms with Gasteiger partial charge in [-0.2, -0.15) is 0 Å². The van der Waals surface area contributed by atoms with Gasteiger partial charge in [0.15, 0.2) is 0 Å². The van der Waals surface area contributed by atoms with E-state index in [1.165, 1.54) is 12.8 Å². The number of aliphatic carboxylic acids is 1. The molecule has 1 saturated heterocycles. The zero-order chi connectivity index (χ0) is 11.8. The maximum atomic E-state index is 11.6. The molecule has 1 aliphatic heterocycles. The second-order valence-electron chi connectivity index (χ2n) is 5.59. The van der Waals surface area contributed by atoms with Crippen molar-refractivity contribution in [3.05, 3.63) is 0 Å². The molecule has 0 bridgehead atoms. The third-order valence-corrected chi connectivity index (χ3v) is 4.56. The number of rotatable bonds is 4. The van der Waals surface area contributed by atoms with Gasteiger partial charge in [0.05, 0.1) is 0 Å². The van der Waals surface area contributed by atoms with Crippen molar-refractivity contribution in [1.29, 1.82) is 0 Å². The second kappa shape index (κ2) is 4.36. The number of hydrogen-bond acceptors (Lipinski definition) is 2. The molecule has 1 saturated carbocycles. The molecule has 0 aromatic carbocycles. The van der Waals surface area contributed by atoms with Crippen molar-refractivity contribution in [2.24, 2.45) is 11.8 Å². The molecule has 92 valence electrons. The summed E-state index contributed by atoms with van der Waals surface area (Å²) >= 11 is 0. The monoisotopic (exact) mass is 225 g/mol. The Morgan fingerprint density at radius 1 is 1.44 bits per heavy atom. The van der Waals surface area contributed by atoms with E-state index in [0.29, 0.717) is 11.8 Å². The summed E-state index contributed by atoms with van der Waals surface area (Å²) in [6.07, 6.45) is 5.80. The Labute approximate surface area is 97.8 Å². The highest BCUT2D eigenvalue weighted by atomic mass is 16.4. The van der Waals surface area contributed by atoms with Crippen molar-refractivity contribution >= 4 is 5.97 Å². The lowest BCUT2D eigenvalue weighted by atomic mass is 9.87. The number of likely N-dealkylation sites (tertiary alicyclic amines) is 1. The molecular weight excluding hydrogens is 202 g/mol. The Morgan fingerprint density at radius 3 is 2.62 bits per heavy atom. The van der Waals surface area contributed by atoms with Gasteiger partial charge >= 0.3 is 5.97 Å². The molecule has 2 rings (SSSR count). The average Bonchev–Trinajstić information content (AvgIpc) is 3.12. The predicted octanol–water partition coefficient (Wildman–Crippen LogP) is 2.36. The van der Waals surface area contributed by atoms with Crippen LogP contribution in [0.4, 0.5) is 0 Å². The van der Waals surface area contributed by atoms with Crippen LogP contribution in [0.5, 0.6) is 0 Å². The standard InChI is InChI=1S/C13H23NO2/c1-3-10-5-4-8-14(9-10)13(2,12(15)16)11-6-7-11/h10-11H,3-9H2,1-2H3,(H,15,16). The van der Waals surface area contributed by atoms with E-state index in [2.05, 4.69) is 11.8 Å². The maximum Gasteiger partial charge on any atom is 0.324 e. The fraction of sp³-hybridized carbons (Fsp3) is 0.923. The van der Waals surface area contributed by atoms with Crippen molar-refractivity contribution in [2.45, 2.75) is 51.5 Å². The van der Waals surface area contributed by atoms with Gasteiger partial charge in [0.2, 0.25) is 0 Å². The van der Waals surface area contributed by atoms with Gasteiger partial charge < -0.3 is 5.11 Å². The van der Waals surface area contributed by atoms with E-state index in [1.807, 2.05) is 6.92 Å². The molecule has 0 aromatic rings. The molecule has 1 N–H and O–H groups in total. The summed E-state index contributed by atoms with van der Waals surface area (Å²) in [5, 5.41) is 9.51. The van der Waals surface area contributed by atoms with Gasteiger partial charge in [0.1, 0.15) is 5.54 Å². The van der Waals surface area contributed by atoms with Crippen LogP contribution in [-0.4, -0.2) is 34.6 Å². The molecule has 0 spiro atoms. The number of hydrogen-bond donors (Lipinski definition) is 1. The first-order valence-electron chi connectivity index (χ1n) is 6.57. The highest BCUT2D eigenvalue weighted by Crippen LogP contribution is 2.44. The second-order valence-corrected chi connectivity index (χ2v) is 5.59. The van der Waals surface area contributed by atoms with Crippen LogP contribution in [0.2, 0.25) is 0 Å². The van der Waals surface area contributed by atoms with Crippen LogP contribution in [0, 0.1) is 11.8 Å². The van der Waals surface area contributed by atoms with Gasteiger partial charge in [0.25, 0.3) is 0 Å². The fourth-order valence-electron chi connectivity index (χ4n) is 3.03. The Balaban J connectivity index is 2.10. The van der Waals surface area contributed by atoms with Crippen LogP contribution in [0.1, 0.15) is 46.0 Å². The van der Waals surface area contributed by atoms with E-state index in [-0.39, 0.29) is 0 Å². The first kappa shape index (κ1) is 11.9. The van der Waals surface area contributed by atoms with Crippen molar-refractivity contribution in [1.82, 2.24) is 4.90 Å². The molecule has 2 aliphatic rings. The summed E-state index contributed by atoms with van der Waals surface area (Å²) in [6.45, 7) is 6.10. The lowest BCUT2D eigenvalue weighted by Gasteiger charge is -2.43. The van der Waals surface area contributed by atoms with E-state index in [1.54, 1.807) is 0 Å². The van der Waals surface area contributed by atoms with Gasteiger partial charge in [-0.3, -0.25) is 9.69 Å². The summed E-state index contributed by atoms with van der Waals surface area (Å²) in [6, 6.07) is 0. The molecule has 0 radical (unpaired) electrons. The Morgan fingerprint density at radius 2 is 2.12 bits per heavy atom. The molecular formula is C13H23NO2. The van der Waals surface area contributed by atoms with E-state index in [0.717, 1.165) is 32.4 Å². The van der Waals surface area contributed by atoms with Crippen LogP contribution < -0.4 is 0 Å². The number of nitrogens with zero attached hydrogens (tertiary/aromatic N) is 1. The summed E-state index contributed by atoms with van der Waals surface area (Å²) < 4.78 is 0. The van der Waals surface area contributed by atoms with Crippen LogP contribution in [0.15, 0.2) is 0 Å². The molecule has 2 unspecified atom stereocenters. The lowest BCUT2D eigenvalue weighted by molar-refractivity contribution is -0.153.